The van der Waals surface area contributed by atoms with E-state index in [-0.39, 0.29) is 24.4 Å². The molecule has 7 heteroatoms. The summed E-state index contributed by atoms with van der Waals surface area (Å²) in [6, 6.07) is 12.1. The number of carbonyl (C=O) groups excluding carboxylic acids is 2. The first-order valence-electron chi connectivity index (χ1n) is 7.99. The summed E-state index contributed by atoms with van der Waals surface area (Å²) < 4.78 is 11.3. The molecule has 0 aromatic heterocycles. The fourth-order valence-corrected chi connectivity index (χ4v) is 2.84. The quantitative estimate of drug-likeness (QED) is 0.721. The third kappa shape index (κ3) is 5.23. The predicted octanol–water partition coefficient (Wildman–Crippen LogP) is 3.07. The van der Waals surface area contributed by atoms with Crippen molar-refractivity contribution in [1.82, 2.24) is 10.6 Å². The predicted molar refractivity (Wildman–Crippen MR) is 103 cm³/mol. The molecule has 6 nitrogen and oxygen atoms in total. The monoisotopic (exact) mass is 420 g/mol. The molecule has 2 N–H and O–H groups in total. The second-order valence-corrected chi connectivity index (χ2v) is 6.51. The van der Waals surface area contributed by atoms with Gasteiger partial charge in [0, 0.05) is 21.7 Å². The van der Waals surface area contributed by atoms with Crippen LogP contribution in [-0.4, -0.2) is 32.6 Å². The van der Waals surface area contributed by atoms with E-state index in [1.54, 1.807) is 44.6 Å². The van der Waals surface area contributed by atoms with Gasteiger partial charge in [-0.15, -0.1) is 0 Å². The summed E-state index contributed by atoms with van der Waals surface area (Å²) in [7, 11) is 3.14. The molecule has 2 amide bonds. The highest BCUT2D eigenvalue weighted by Gasteiger charge is 2.16. The average Bonchev–Trinajstić information content (AvgIpc) is 2.65. The molecule has 0 radical (unpaired) electrons. The normalized spacial score (nSPS) is 11.4. The SMILES string of the molecule is COc1ccc(C(C)NC(=O)CNC(=O)c2cccc(Br)c2)c(OC)c1. The highest BCUT2D eigenvalue weighted by molar-refractivity contribution is 9.10. The molecule has 1 unspecified atom stereocenters. The Labute approximate surface area is 161 Å². The maximum Gasteiger partial charge on any atom is 0.251 e. The zero-order valence-corrected chi connectivity index (χ0v) is 16.4. The molecule has 138 valence electrons. The molecule has 0 saturated carbocycles. The highest BCUT2D eigenvalue weighted by Crippen LogP contribution is 2.29. The first kappa shape index (κ1) is 19.8. The Bertz CT molecular complexity index is 795. The van der Waals surface area contributed by atoms with Crippen LogP contribution in [0.2, 0.25) is 0 Å². The van der Waals surface area contributed by atoms with Crippen molar-refractivity contribution in [2.24, 2.45) is 0 Å². The smallest absolute Gasteiger partial charge is 0.251 e. The van der Waals surface area contributed by atoms with Gasteiger partial charge in [-0.3, -0.25) is 9.59 Å². The maximum atomic E-state index is 12.2. The van der Waals surface area contributed by atoms with Crippen molar-refractivity contribution in [1.29, 1.82) is 0 Å². The average molecular weight is 421 g/mol. The number of ether oxygens (including phenoxy) is 2. The number of hydrogen-bond acceptors (Lipinski definition) is 4. The number of halogens is 1. The highest BCUT2D eigenvalue weighted by atomic mass is 79.9. The number of carbonyl (C=O) groups is 2. The summed E-state index contributed by atoms with van der Waals surface area (Å²) in [5, 5.41) is 5.45. The van der Waals surface area contributed by atoms with Gasteiger partial charge in [-0.05, 0) is 37.3 Å². The number of nitrogens with one attached hydrogen (secondary N) is 2. The second kappa shape index (κ2) is 9.24. The lowest BCUT2D eigenvalue weighted by molar-refractivity contribution is -0.120. The molecule has 26 heavy (non-hydrogen) atoms. The van der Waals surface area contributed by atoms with Crippen molar-refractivity contribution in [3.05, 3.63) is 58.1 Å². The van der Waals surface area contributed by atoms with Crippen molar-refractivity contribution in [3.8, 4) is 11.5 Å². The third-order valence-electron chi connectivity index (χ3n) is 3.78. The lowest BCUT2D eigenvalue weighted by Gasteiger charge is -2.18. The number of rotatable bonds is 7. The van der Waals surface area contributed by atoms with E-state index in [0.717, 1.165) is 10.0 Å². The summed E-state index contributed by atoms with van der Waals surface area (Å²) in [6.07, 6.45) is 0. The Kier molecular flexibility index (Phi) is 7.03. The van der Waals surface area contributed by atoms with E-state index >= 15 is 0 Å². The van der Waals surface area contributed by atoms with Gasteiger partial charge in [-0.2, -0.15) is 0 Å². The molecule has 2 rings (SSSR count). The van der Waals surface area contributed by atoms with Gasteiger partial charge >= 0.3 is 0 Å². The molecule has 0 aliphatic heterocycles. The minimum atomic E-state index is -0.309. The van der Waals surface area contributed by atoms with Crippen LogP contribution in [0.25, 0.3) is 0 Å². The molecule has 0 bridgehead atoms. The summed E-state index contributed by atoms with van der Waals surface area (Å²) >= 11 is 3.31. The molecule has 1 atom stereocenters. The van der Waals surface area contributed by atoms with E-state index in [4.69, 9.17) is 9.47 Å². The largest absolute Gasteiger partial charge is 0.497 e. The van der Waals surface area contributed by atoms with E-state index in [9.17, 15) is 9.59 Å². The summed E-state index contributed by atoms with van der Waals surface area (Å²) in [4.78, 5) is 24.2. The molecule has 2 aromatic rings. The molecule has 0 heterocycles. The van der Waals surface area contributed by atoms with E-state index in [2.05, 4.69) is 26.6 Å². The summed E-state index contributed by atoms with van der Waals surface area (Å²) in [5.74, 6) is 0.690. The van der Waals surface area contributed by atoms with Crippen LogP contribution in [0.15, 0.2) is 46.9 Å². The topological polar surface area (TPSA) is 76.7 Å². The van der Waals surface area contributed by atoms with Gasteiger partial charge in [0.05, 0.1) is 26.8 Å². The fourth-order valence-electron chi connectivity index (χ4n) is 2.44. The first-order chi connectivity index (χ1) is 12.4. The second-order valence-electron chi connectivity index (χ2n) is 5.59. The van der Waals surface area contributed by atoms with Crippen molar-refractivity contribution < 1.29 is 19.1 Å². The fraction of sp³-hybridized carbons (Fsp3) is 0.263. The van der Waals surface area contributed by atoms with Crippen molar-refractivity contribution in [2.45, 2.75) is 13.0 Å². The van der Waals surface area contributed by atoms with Gasteiger partial charge in [-0.25, -0.2) is 0 Å². The lowest BCUT2D eigenvalue weighted by atomic mass is 10.1. The molecular formula is C19H21BrN2O4. The minimum Gasteiger partial charge on any atom is -0.497 e. The molecule has 0 fully saturated rings. The zero-order valence-electron chi connectivity index (χ0n) is 14.8. The molecule has 0 aliphatic carbocycles. The van der Waals surface area contributed by atoms with Crippen LogP contribution in [-0.2, 0) is 4.79 Å². The van der Waals surface area contributed by atoms with Gasteiger partial charge in [0.25, 0.3) is 5.91 Å². The van der Waals surface area contributed by atoms with Crippen molar-refractivity contribution in [3.63, 3.8) is 0 Å². The van der Waals surface area contributed by atoms with Gasteiger partial charge in [0.2, 0.25) is 5.91 Å². The van der Waals surface area contributed by atoms with Crippen LogP contribution in [0.3, 0.4) is 0 Å². The number of hydrogen-bond donors (Lipinski definition) is 2. The Morgan fingerprint density at radius 2 is 1.88 bits per heavy atom. The van der Waals surface area contributed by atoms with Crippen LogP contribution >= 0.6 is 15.9 Å². The molecule has 0 saturated heterocycles. The van der Waals surface area contributed by atoms with Crippen LogP contribution in [0, 0.1) is 0 Å². The summed E-state index contributed by atoms with van der Waals surface area (Å²) in [5.41, 5.74) is 1.30. The zero-order chi connectivity index (χ0) is 19.1. The van der Waals surface area contributed by atoms with Crippen molar-refractivity contribution in [2.75, 3.05) is 20.8 Å². The molecule has 0 aliphatic rings. The summed E-state index contributed by atoms with van der Waals surface area (Å²) in [6.45, 7) is 1.73. The lowest BCUT2D eigenvalue weighted by Crippen LogP contribution is -2.38. The van der Waals surface area contributed by atoms with Gasteiger partial charge in [-0.1, -0.05) is 22.0 Å². The molecule has 0 spiro atoms. The van der Waals surface area contributed by atoms with Gasteiger partial charge < -0.3 is 20.1 Å². The van der Waals surface area contributed by atoms with Crippen LogP contribution in [0.5, 0.6) is 11.5 Å². The van der Waals surface area contributed by atoms with E-state index in [1.807, 2.05) is 19.1 Å². The first-order valence-corrected chi connectivity index (χ1v) is 8.79. The van der Waals surface area contributed by atoms with Crippen LogP contribution in [0.1, 0.15) is 28.9 Å². The Hall–Kier alpha value is -2.54. The number of amides is 2. The molecular weight excluding hydrogens is 400 g/mol. The Morgan fingerprint density at radius 1 is 1.12 bits per heavy atom. The Balaban J connectivity index is 1.94. The van der Waals surface area contributed by atoms with Crippen LogP contribution in [0.4, 0.5) is 0 Å². The number of methoxy groups -OCH3 is 2. The molecule has 2 aromatic carbocycles. The van der Waals surface area contributed by atoms with E-state index < -0.39 is 0 Å². The maximum absolute atomic E-state index is 12.2. The minimum absolute atomic E-state index is 0.117. The Morgan fingerprint density at radius 3 is 2.54 bits per heavy atom. The van der Waals surface area contributed by atoms with Crippen LogP contribution < -0.4 is 20.1 Å². The van der Waals surface area contributed by atoms with Gasteiger partial charge in [0.15, 0.2) is 0 Å². The van der Waals surface area contributed by atoms with E-state index in [1.165, 1.54) is 0 Å². The third-order valence-corrected chi connectivity index (χ3v) is 4.27. The standard InChI is InChI=1S/C19H21BrN2O4/c1-12(16-8-7-15(25-2)10-17(16)26-3)22-18(23)11-21-19(24)13-5-4-6-14(20)9-13/h4-10,12H,11H2,1-3H3,(H,21,24)(H,22,23). The number of benzene rings is 2. The van der Waals surface area contributed by atoms with E-state index in [0.29, 0.717) is 17.1 Å². The van der Waals surface area contributed by atoms with Crippen molar-refractivity contribution >= 4 is 27.7 Å². The van der Waals surface area contributed by atoms with Gasteiger partial charge in [0.1, 0.15) is 11.5 Å².